The monoisotopic (exact) mass is 631 g/mol. The highest BCUT2D eigenvalue weighted by molar-refractivity contribution is 6.06. The number of aliphatic hydroxyl groups excluding tert-OH is 1. The number of phenolic OH excluding ortho intramolecular Hbond substituents is 1. The molecule has 0 aromatic heterocycles. The number of methoxy groups -OCH3 is 1. The Morgan fingerprint density at radius 3 is 2.59 bits per heavy atom. The number of nitrogens with two attached hydrogens (primary N) is 1. The molecule has 1 aliphatic heterocycles. The lowest BCUT2D eigenvalue weighted by molar-refractivity contribution is -0.124. The van der Waals surface area contributed by atoms with Crippen LogP contribution in [0.2, 0.25) is 0 Å². The number of hydrogen-bond acceptors (Lipinski definition) is 8. The van der Waals surface area contributed by atoms with Gasteiger partial charge in [0.1, 0.15) is 5.78 Å². The molecule has 6 N–H and O–H groups in total. The third-order valence-corrected chi connectivity index (χ3v) is 8.39. The number of carbonyl (C=O) groups excluding carboxylic acids is 2. The van der Waals surface area contributed by atoms with E-state index in [-0.39, 0.29) is 36.5 Å². The highest BCUT2D eigenvalue weighted by Gasteiger charge is 2.17. The first-order valence-corrected chi connectivity index (χ1v) is 16.6. The second-order valence-corrected chi connectivity index (χ2v) is 12.4. The average molecular weight is 632 g/mol. The Morgan fingerprint density at radius 2 is 1.85 bits per heavy atom. The quantitative estimate of drug-likeness (QED) is 0.0689. The fourth-order valence-corrected chi connectivity index (χ4v) is 5.84. The summed E-state index contributed by atoms with van der Waals surface area (Å²) in [7, 11) is 3.45. The number of nitrogens with one attached hydrogen (secondary N) is 2. The van der Waals surface area contributed by atoms with Crippen molar-refractivity contribution in [1.82, 2.24) is 10.6 Å². The van der Waals surface area contributed by atoms with E-state index in [2.05, 4.69) is 41.8 Å². The first-order valence-electron chi connectivity index (χ1n) is 16.6. The van der Waals surface area contributed by atoms with Gasteiger partial charge in [-0.1, -0.05) is 50.1 Å². The number of Topliss-reactive ketones (excluding diaryl/α,β-unsaturated/α-hetero) is 1. The zero-order valence-electron chi connectivity index (χ0n) is 27.8. The van der Waals surface area contributed by atoms with Crippen LogP contribution in [-0.2, 0) is 28.9 Å². The minimum atomic E-state index is -0.296. The molecule has 1 unspecified atom stereocenters. The van der Waals surface area contributed by atoms with Gasteiger partial charge in [-0.25, -0.2) is 0 Å². The Bertz CT molecular complexity index is 1380. The number of dihydropyridines is 1. The highest BCUT2D eigenvalue weighted by atomic mass is 16.5. The largest absolute Gasteiger partial charge is 0.504 e. The van der Waals surface area contributed by atoms with Gasteiger partial charge < -0.3 is 31.3 Å². The Morgan fingerprint density at radius 1 is 1.07 bits per heavy atom. The van der Waals surface area contributed by atoms with Gasteiger partial charge in [0.2, 0.25) is 0 Å². The topological polar surface area (TPSA) is 134 Å². The van der Waals surface area contributed by atoms with E-state index in [0.29, 0.717) is 24.5 Å². The van der Waals surface area contributed by atoms with Crippen molar-refractivity contribution in [3.8, 4) is 11.5 Å². The number of hydrogen-bond donors (Lipinski definition) is 5. The molecule has 3 rings (SSSR count). The number of phenols is 1. The first kappa shape index (κ1) is 36.7. The van der Waals surface area contributed by atoms with E-state index in [0.717, 1.165) is 80.2 Å². The first-order chi connectivity index (χ1) is 22.2. The molecule has 250 valence electrons. The Kier molecular flexibility index (Phi) is 15.8. The summed E-state index contributed by atoms with van der Waals surface area (Å²) in [5.74, 6) is 0.669. The molecule has 0 amide bonds. The van der Waals surface area contributed by atoms with Crippen LogP contribution >= 0.6 is 0 Å². The van der Waals surface area contributed by atoms with Crippen LogP contribution in [0.3, 0.4) is 0 Å². The van der Waals surface area contributed by atoms with E-state index in [4.69, 9.17) is 10.5 Å². The van der Waals surface area contributed by atoms with Crippen molar-refractivity contribution >= 4 is 17.6 Å². The molecule has 2 aromatic carbocycles. The van der Waals surface area contributed by atoms with Crippen LogP contribution in [-0.4, -0.2) is 55.3 Å². The van der Waals surface area contributed by atoms with E-state index >= 15 is 0 Å². The second-order valence-electron chi connectivity index (χ2n) is 12.4. The lowest BCUT2D eigenvalue weighted by Crippen LogP contribution is -2.35. The van der Waals surface area contributed by atoms with Crippen LogP contribution in [0.15, 0.2) is 65.9 Å². The van der Waals surface area contributed by atoms with Crippen LogP contribution < -0.4 is 21.1 Å². The molecule has 0 spiro atoms. The van der Waals surface area contributed by atoms with E-state index in [9.17, 15) is 19.8 Å². The van der Waals surface area contributed by atoms with Crippen LogP contribution in [0.25, 0.3) is 6.08 Å². The molecular weight excluding hydrogens is 578 g/mol. The molecule has 2 atom stereocenters. The molecule has 2 aromatic rings. The van der Waals surface area contributed by atoms with Gasteiger partial charge in [0, 0.05) is 19.2 Å². The van der Waals surface area contributed by atoms with Crippen LogP contribution in [0, 0.1) is 5.92 Å². The van der Waals surface area contributed by atoms with Crippen LogP contribution in [0.4, 0.5) is 0 Å². The Hall–Kier alpha value is -3.72. The maximum Gasteiger partial charge on any atom is 0.163 e. The summed E-state index contributed by atoms with van der Waals surface area (Å²) in [5, 5.41) is 26.2. The SMILES string of the molecule is CNC[C@H](C)CCCCCC(=O)CC(=O)/C=C/c1cc(OC)c(O)cc1CC1=CNC(N)C=C1CCc1cccc(CCCO)c1. The van der Waals surface area contributed by atoms with Crippen molar-refractivity contribution in [2.75, 3.05) is 27.3 Å². The summed E-state index contributed by atoms with van der Waals surface area (Å²) in [6.07, 6.45) is 14.9. The fourth-order valence-electron chi connectivity index (χ4n) is 5.84. The molecule has 0 aliphatic carbocycles. The number of allylic oxidation sites excluding steroid dienone is 3. The number of aryl methyl sites for hydroxylation is 2. The summed E-state index contributed by atoms with van der Waals surface area (Å²) in [6.45, 7) is 3.40. The van der Waals surface area contributed by atoms with E-state index in [1.54, 1.807) is 18.2 Å². The summed E-state index contributed by atoms with van der Waals surface area (Å²) in [6, 6.07) is 11.8. The number of aromatic hydroxyl groups is 1. The van der Waals surface area contributed by atoms with E-state index in [1.807, 2.05) is 19.3 Å². The van der Waals surface area contributed by atoms with Crippen LogP contribution in [0.1, 0.15) is 80.5 Å². The third-order valence-electron chi connectivity index (χ3n) is 8.39. The van der Waals surface area contributed by atoms with Gasteiger partial charge in [-0.2, -0.15) is 0 Å². The number of benzene rings is 2. The predicted octanol–water partition coefficient (Wildman–Crippen LogP) is 5.55. The van der Waals surface area contributed by atoms with Gasteiger partial charge >= 0.3 is 0 Å². The van der Waals surface area contributed by atoms with Gasteiger partial charge in [0.15, 0.2) is 17.3 Å². The van der Waals surface area contributed by atoms with Crippen molar-refractivity contribution < 1.29 is 24.5 Å². The summed E-state index contributed by atoms with van der Waals surface area (Å²) in [5.41, 5.74) is 12.4. The molecular formula is C38H53N3O5. The number of carbonyl (C=O) groups is 2. The minimum Gasteiger partial charge on any atom is -0.504 e. The summed E-state index contributed by atoms with van der Waals surface area (Å²) >= 11 is 0. The number of aliphatic hydroxyl groups is 1. The molecule has 0 saturated heterocycles. The Labute approximate surface area is 274 Å². The summed E-state index contributed by atoms with van der Waals surface area (Å²) < 4.78 is 5.36. The molecule has 1 heterocycles. The highest BCUT2D eigenvalue weighted by Crippen LogP contribution is 2.33. The predicted molar refractivity (Wildman–Crippen MR) is 186 cm³/mol. The standard InChI is InChI=1S/C38H53N3O5/c1-27(25-40-2)9-5-4-6-13-34(43)24-35(44)17-16-30-22-37(46-3)36(45)21-32(30)20-33-26-41-38(39)23-31(33)15-14-29-11-7-10-28(19-29)12-8-18-42/h7,10-11,16-17,19,21-23,26-27,38,40-42,45H,4-6,8-9,12-15,18,20,24-25,39H2,1-3H3/b17-16+/t27-,38?/m1/s1. The number of ether oxygens (including phenoxy) is 1. The molecule has 8 nitrogen and oxygen atoms in total. The van der Waals surface area contributed by atoms with E-state index in [1.165, 1.54) is 24.3 Å². The molecule has 0 bridgehead atoms. The van der Waals surface area contributed by atoms with Crippen molar-refractivity contribution in [3.63, 3.8) is 0 Å². The van der Waals surface area contributed by atoms with Gasteiger partial charge in [-0.15, -0.1) is 0 Å². The number of ketones is 2. The second kappa shape index (κ2) is 19.7. The zero-order chi connectivity index (χ0) is 33.3. The van der Waals surface area contributed by atoms with Gasteiger partial charge in [0.25, 0.3) is 0 Å². The van der Waals surface area contributed by atoms with Crippen molar-refractivity contribution in [2.24, 2.45) is 11.7 Å². The fraction of sp³-hybridized carbons (Fsp3) is 0.474. The van der Waals surface area contributed by atoms with Gasteiger partial charge in [-0.3, -0.25) is 9.59 Å². The normalized spacial score (nSPS) is 15.3. The minimum absolute atomic E-state index is 0.0165. The molecule has 0 radical (unpaired) electrons. The van der Waals surface area contributed by atoms with Gasteiger partial charge in [-0.05, 0) is 122 Å². The smallest absolute Gasteiger partial charge is 0.163 e. The molecule has 0 saturated carbocycles. The lowest BCUT2D eigenvalue weighted by atomic mass is 9.89. The lowest BCUT2D eigenvalue weighted by Gasteiger charge is -2.22. The maximum absolute atomic E-state index is 12.7. The Balaban J connectivity index is 1.65. The van der Waals surface area contributed by atoms with Crippen molar-refractivity contribution in [1.29, 1.82) is 0 Å². The summed E-state index contributed by atoms with van der Waals surface area (Å²) in [4.78, 5) is 25.2. The molecule has 1 aliphatic rings. The van der Waals surface area contributed by atoms with Crippen LogP contribution in [0.5, 0.6) is 11.5 Å². The number of rotatable bonds is 21. The molecule has 46 heavy (non-hydrogen) atoms. The zero-order valence-corrected chi connectivity index (χ0v) is 27.8. The van der Waals surface area contributed by atoms with E-state index < -0.39 is 0 Å². The molecule has 8 heteroatoms. The van der Waals surface area contributed by atoms with Crippen molar-refractivity contribution in [2.45, 2.75) is 83.7 Å². The molecule has 0 fully saturated rings. The van der Waals surface area contributed by atoms with Gasteiger partial charge in [0.05, 0.1) is 19.7 Å². The average Bonchev–Trinajstić information content (AvgIpc) is 3.03. The maximum atomic E-state index is 12.7. The third kappa shape index (κ3) is 12.6. The number of unbranched alkanes of at least 4 members (excludes halogenated alkanes) is 2. The van der Waals surface area contributed by atoms with Crippen molar-refractivity contribution in [3.05, 3.63) is 88.2 Å².